The number of benzene rings is 5. The van der Waals surface area contributed by atoms with Gasteiger partial charge in [-0.1, -0.05) is 84.9 Å². The molecule has 0 radical (unpaired) electrons. The highest BCUT2D eigenvalue weighted by atomic mass is 15.0. The van der Waals surface area contributed by atoms with Gasteiger partial charge in [0.05, 0.1) is 24.2 Å². The third kappa shape index (κ3) is 4.27. The summed E-state index contributed by atoms with van der Waals surface area (Å²) in [6, 6.07) is 39.2. The van der Waals surface area contributed by atoms with Gasteiger partial charge in [-0.15, -0.1) is 0 Å². The number of hydrogen-bond donors (Lipinski definition) is 0. The number of para-hydroxylation sites is 1. The van der Waals surface area contributed by atoms with Gasteiger partial charge >= 0.3 is 0 Å². The summed E-state index contributed by atoms with van der Waals surface area (Å²) < 4.78 is 2.13. The lowest BCUT2D eigenvalue weighted by molar-refractivity contribution is 1.07. The molecule has 0 atom stereocenters. The lowest BCUT2D eigenvalue weighted by Gasteiger charge is -2.12. The molecule has 0 fully saturated rings. The van der Waals surface area contributed by atoms with E-state index in [1.54, 1.807) is 0 Å². The molecule has 0 unspecified atom stereocenters. The minimum atomic E-state index is 0.476. The second kappa shape index (κ2) is 9.89. The molecule has 0 saturated heterocycles. The first-order valence-corrected chi connectivity index (χ1v) is 13.0. The molecule has 6 nitrogen and oxygen atoms in total. The van der Waals surface area contributed by atoms with Crippen LogP contribution in [0.25, 0.3) is 71.3 Å². The summed E-state index contributed by atoms with van der Waals surface area (Å²) in [4.78, 5) is 22.0. The largest absolute Gasteiger partial charge is 0.311 e. The van der Waals surface area contributed by atoms with Gasteiger partial charge < -0.3 is 4.57 Å². The van der Waals surface area contributed by atoms with Crippen LogP contribution in [0.1, 0.15) is 0 Å². The van der Waals surface area contributed by atoms with Crippen LogP contribution in [0, 0.1) is 13.1 Å². The normalized spacial score (nSPS) is 10.9. The van der Waals surface area contributed by atoms with Gasteiger partial charge in [0, 0.05) is 27.8 Å². The third-order valence-corrected chi connectivity index (χ3v) is 7.03. The maximum Gasteiger partial charge on any atom is 0.190 e. The second-order valence-electron chi connectivity index (χ2n) is 9.55. The van der Waals surface area contributed by atoms with Gasteiger partial charge in [-0.3, -0.25) is 0 Å². The van der Waals surface area contributed by atoms with E-state index >= 15 is 0 Å². The van der Waals surface area contributed by atoms with Crippen LogP contribution in [0.5, 0.6) is 0 Å². The highest BCUT2D eigenvalue weighted by molar-refractivity contribution is 6.10. The topological polar surface area (TPSA) is 52.3 Å². The van der Waals surface area contributed by atoms with Crippen molar-refractivity contribution in [2.75, 3.05) is 0 Å². The van der Waals surface area contributed by atoms with Crippen molar-refractivity contribution in [1.29, 1.82) is 0 Å². The molecule has 7 aromatic rings. The number of hydrogen-bond acceptors (Lipinski definition) is 3. The van der Waals surface area contributed by atoms with E-state index in [0.29, 0.717) is 34.4 Å². The van der Waals surface area contributed by atoms with Crippen molar-refractivity contribution in [1.82, 2.24) is 19.5 Å². The Labute approximate surface area is 236 Å². The zero-order chi connectivity index (χ0) is 27.8. The highest BCUT2D eigenvalue weighted by Crippen LogP contribution is 2.37. The average molecular weight is 525 g/mol. The number of rotatable bonds is 4. The van der Waals surface area contributed by atoms with Crippen LogP contribution in [0.2, 0.25) is 0 Å². The smallest absolute Gasteiger partial charge is 0.190 e. The van der Waals surface area contributed by atoms with Crippen LogP contribution in [0.3, 0.4) is 0 Å². The quantitative estimate of drug-likeness (QED) is 0.216. The van der Waals surface area contributed by atoms with Gasteiger partial charge in [0.25, 0.3) is 0 Å². The van der Waals surface area contributed by atoms with E-state index in [1.165, 1.54) is 0 Å². The monoisotopic (exact) mass is 524 g/mol. The summed E-state index contributed by atoms with van der Waals surface area (Å²) in [5, 5.41) is 2.03. The predicted molar refractivity (Wildman–Crippen MR) is 163 cm³/mol. The Morgan fingerprint density at radius 2 is 1.02 bits per heavy atom. The summed E-state index contributed by atoms with van der Waals surface area (Å²) in [6.07, 6.45) is 0. The van der Waals surface area contributed by atoms with Crippen molar-refractivity contribution >= 4 is 33.2 Å². The first-order chi connectivity index (χ1) is 20.2. The van der Waals surface area contributed by atoms with Crippen molar-refractivity contribution in [3.63, 3.8) is 0 Å². The second-order valence-corrected chi connectivity index (χ2v) is 9.55. The maximum atomic E-state index is 7.89. The molecule has 41 heavy (non-hydrogen) atoms. The minimum absolute atomic E-state index is 0.476. The van der Waals surface area contributed by atoms with Gasteiger partial charge in [-0.2, -0.15) is 0 Å². The molecular formula is C35H20N6. The van der Waals surface area contributed by atoms with Crippen LogP contribution in [-0.4, -0.2) is 19.5 Å². The van der Waals surface area contributed by atoms with Crippen LogP contribution >= 0.6 is 0 Å². The standard InChI is InChI=1S/C35H20N6/c1-36-26-17-18-32-30(22-26)29-15-9-10-16-31(29)41(32)28-20-25(19-27(21-28)37-2)35-39-33(23-11-5-3-6-12-23)38-34(40-35)24-13-7-4-8-14-24/h3-22H. The molecule has 7 rings (SSSR count). The van der Waals surface area contributed by atoms with Crippen molar-refractivity contribution in [3.8, 4) is 39.9 Å². The molecule has 0 aliphatic rings. The van der Waals surface area contributed by atoms with Crippen LogP contribution in [0.15, 0.2) is 121 Å². The number of nitrogens with zero attached hydrogens (tertiary/aromatic N) is 6. The SMILES string of the molecule is [C-]#[N+]c1cc(-c2nc(-c3ccccc3)nc(-c3ccccc3)n2)cc(-n2c3ccccc3c3cc([N+]#[C-])ccc32)c1. The molecule has 0 bridgehead atoms. The molecular weight excluding hydrogens is 504 g/mol. The van der Waals surface area contributed by atoms with E-state index in [0.717, 1.165) is 38.6 Å². The van der Waals surface area contributed by atoms with E-state index in [-0.39, 0.29) is 0 Å². The molecule has 2 aromatic heterocycles. The van der Waals surface area contributed by atoms with E-state index in [9.17, 15) is 0 Å². The summed E-state index contributed by atoms with van der Waals surface area (Å²) >= 11 is 0. The van der Waals surface area contributed by atoms with Crippen molar-refractivity contribution in [2.24, 2.45) is 0 Å². The van der Waals surface area contributed by atoms with Crippen LogP contribution in [0.4, 0.5) is 11.4 Å². The Balaban J connectivity index is 1.49. The zero-order valence-electron chi connectivity index (χ0n) is 21.7. The molecule has 0 N–H and O–H groups in total. The summed E-state index contributed by atoms with van der Waals surface area (Å²) in [5.74, 6) is 1.61. The Morgan fingerprint density at radius 3 is 1.66 bits per heavy atom. The Bertz CT molecular complexity index is 2110. The lowest BCUT2D eigenvalue weighted by Crippen LogP contribution is -2.01. The number of fused-ring (bicyclic) bond motifs is 3. The average Bonchev–Trinajstić information content (AvgIpc) is 3.38. The Morgan fingerprint density at radius 1 is 0.463 bits per heavy atom. The van der Waals surface area contributed by atoms with Crippen molar-refractivity contribution in [2.45, 2.75) is 0 Å². The minimum Gasteiger partial charge on any atom is -0.311 e. The fourth-order valence-corrected chi connectivity index (χ4v) is 5.16. The Kier molecular flexibility index (Phi) is 5.78. The molecule has 0 aliphatic heterocycles. The van der Waals surface area contributed by atoms with Gasteiger partial charge in [0.15, 0.2) is 28.8 Å². The molecule has 190 valence electrons. The molecule has 0 saturated carbocycles. The van der Waals surface area contributed by atoms with Crippen LogP contribution in [-0.2, 0) is 0 Å². The first-order valence-electron chi connectivity index (χ1n) is 13.0. The highest BCUT2D eigenvalue weighted by Gasteiger charge is 2.17. The summed E-state index contributed by atoms with van der Waals surface area (Å²) in [7, 11) is 0. The van der Waals surface area contributed by atoms with Gasteiger partial charge in [-0.25, -0.2) is 24.6 Å². The number of aromatic nitrogens is 4. The predicted octanol–water partition coefficient (Wildman–Crippen LogP) is 9.07. The maximum absolute atomic E-state index is 7.89. The van der Waals surface area contributed by atoms with Crippen LogP contribution < -0.4 is 0 Å². The molecule has 0 spiro atoms. The van der Waals surface area contributed by atoms with Gasteiger partial charge in [0.2, 0.25) is 0 Å². The van der Waals surface area contributed by atoms with E-state index in [4.69, 9.17) is 28.1 Å². The fraction of sp³-hybridized carbons (Fsp3) is 0. The Hall–Kier alpha value is -6.11. The van der Waals surface area contributed by atoms with Crippen molar-refractivity contribution < 1.29 is 0 Å². The van der Waals surface area contributed by atoms with Crippen molar-refractivity contribution in [3.05, 3.63) is 144 Å². The molecule has 0 aliphatic carbocycles. The first kappa shape index (κ1) is 24.0. The molecule has 2 heterocycles. The molecule has 0 amide bonds. The zero-order valence-corrected chi connectivity index (χ0v) is 21.7. The van der Waals surface area contributed by atoms with E-state index < -0.39 is 0 Å². The molecule has 5 aromatic carbocycles. The van der Waals surface area contributed by atoms with Gasteiger partial charge in [-0.05, 0) is 41.8 Å². The van der Waals surface area contributed by atoms with E-state index in [1.807, 2.05) is 109 Å². The lowest BCUT2D eigenvalue weighted by atomic mass is 10.1. The third-order valence-electron chi connectivity index (χ3n) is 7.03. The summed E-state index contributed by atoms with van der Waals surface area (Å²) in [5.41, 5.74) is 6.31. The van der Waals surface area contributed by atoms with Gasteiger partial charge in [0.1, 0.15) is 0 Å². The summed E-state index contributed by atoms with van der Waals surface area (Å²) in [6.45, 7) is 15.4. The molecule has 6 heteroatoms. The fourth-order valence-electron chi connectivity index (χ4n) is 5.16. The van der Waals surface area contributed by atoms with E-state index in [2.05, 4.69) is 26.4 Å².